The first-order valence-corrected chi connectivity index (χ1v) is 20.6. The van der Waals surface area contributed by atoms with E-state index < -0.39 is 5.41 Å². The number of amidine groups is 2. The van der Waals surface area contributed by atoms with E-state index in [0.29, 0.717) is 0 Å². The summed E-state index contributed by atoms with van der Waals surface area (Å²) in [6, 6.07) is 64.3. The average molecular weight is 771 g/mol. The number of aromatic nitrogens is 1. The lowest BCUT2D eigenvalue weighted by molar-refractivity contribution is 0.374. The van der Waals surface area contributed by atoms with Crippen molar-refractivity contribution in [2.75, 3.05) is 0 Å². The number of ether oxygens (including phenoxy) is 1. The van der Waals surface area contributed by atoms with Gasteiger partial charge in [0.05, 0.1) is 10.9 Å². The summed E-state index contributed by atoms with van der Waals surface area (Å²) in [5.74, 6) is 3.66. The molecule has 12 rings (SSSR count). The van der Waals surface area contributed by atoms with E-state index in [1.165, 1.54) is 33.4 Å². The largest absolute Gasteiger partial charge is 0.457 e. The minimum absolute atomic E-state index is 0.0995. The molecule has 8 aromatic rings. The molecule has 7 aromatic carbocycles. The quantitative estimate of drug-likeness (QED) is 0.190. The van der Waals surface area contributed by atoms with Crippen LogP contribution in [0.3, 0.4) is 0 Å². The number of para-hydroxylation sites is 3. The predicted octanol–water partition coefficient (Wildman–Crippen LogP) is 12.2. The summed E-state index contributed by atoms with van der Waals surface area (Å²) in [5, 5.41) is 4.70. The zero-order valence-corrected chi connectivity index (χ0v) is 32.6. The van der Waals surface area contributed by atoms with Crippen LogP contribution in [0.15, 0.2) is 216 Å². The van der Waals surface area contributed by atoms with Crippen LogP contribution in [0.4, 0.5) is 0 Å². The Kier molecular flexibility index (Phi) is 7.88. The molecule has 0 amide bonds. The number of aliphatic imine (C=N–C) groups is 2. The maximum Gasteiger partial charge on any atom is 0.169 e. The van der Waals surface area contributed by atoms with E-state index >= 15 is 0 Å². The highest BCUT2D eigenvalue weighted by Gasteiger charge is 2.57. The monoisotopic (exact) mass is 770 g/mol. The van der Waals surface area contributed by atoms with E-state index in [1.807, 2.05) is 48.7 Å². The molecule has 5 nitrogen and oxygen atoms in total. The number of rotatable bonds is 5. The zero-order chi connectivity index (χ0) is 39.6. The standard InChI is InChI=1S/C55H38N4O/c1-3-13-37(14-4-1)52-57-53(38-15-5-2-6-16-38)59-54(58-52)39-26-24-35(25-27-39)40-28-30-45-43(33-40)44-34-41(42-19-11-17-36-18-12-32-56-51(36)42)29-31-46(44)55(45)47-20-7-9-22-49(47)60-50-23-10-8-21-48(50)55/h1-34,43,45,52H,(H,57,58,59). The Bertz CT molecular complexity index is 3060. The summed E-state index contributed by atoms with van der Waals surface area (Å²) in [6.07, 6.45) is 8.85. The van der Waals surface area contributed by atoms with Gasteiger partial charge in [0.2, 0.25) is 0 Å². The molecule has 0 saturated carbocycles. The lowest BCUT2D eigenvalue weighted by Crippen LogP contribution is -2.37. The summed E-state index contributed by atoms with van der Waals surface area (Å²) in [7, 11) is 0. The Morgan fingerprint density at radius 3 is 1.92 bits per heavy atom. The number of benzene rings is 7. The second-order valence-corrected chi connectivity index (χ2v) is 15.9. The molecule has 2 aliphatic carbocycles. The summed E-state index contributed by atoms with van der Waals surface area (Å²) >= 11 is 0. The van der Waals surface area contributed by atoms with E-state index in [4.69, 9.17) is 19.7 Å². The van der Waals surface area contributed by atoms with Crippen molar-refractivity contribution in [2.45, 2.75) is 17.5 Å². The first-order chi connectivity index (χ1) is 29.7. The van der Waals surface area contributed by atoms with Crippen LogP contribution in [0.1, 0.15) is 56.6 Å². The van der Waals surface area contributed by atoms with Crippen LogP contribution < -0.4 is 10.1 Å². The summed E-state index contributed by atoms with van der Waals surface area (Å²) in [5.41, 5.74) is 13.4. The molecule has 3 atom stereocenters. The number of hydrogen-bond donors (Lipinski definition) is 1. The molecule has 284 valence electrons. The molecule has 60 heavy (non-hydrogen) atoms. The Morgan fingerprint density at radius 1 is 0.533 bits per heavy atom. The third-order valence-corrected chi connectivity index (χ3v) is 12.7. The molecule has 0 fully saturated rings. The third-order valence-electron chi connectivity index (χ3n) is 12.7. The molecule has 3 heterocycles. The molecule has 1 N–H and O–H groups in total. The first kappa shape index (κ1) is 34.4. The van der Waals surface area contributed by atoms with Gasteiger partial charge in [0.15, 0.2) is 6.17 Å². The van der Waals surface area contributed by atoms with Crippen molar-refractivity contribution < 1.29 is 4.74 Å². The summed E-state index contributed by atoms with van der Waals surface area (Å²) in [4.78, 5) is 15.0. The normalized spacial score (nSPS) is 19.1. The molecular weight excluding hydrogens is 733 g/mol. The van der Waals surface area contributed by atoms with Crippen LogP contribution in [-0.4, -0.2) is 16.7 Å². The highest BCUT2D eigenvalue weighted by molar-refractivity contribution is 6.16. The fraction of sp³-hybridized carbons (Fsp3) is 0.0727. The second kappa shape index (κ2) is 13.7. The van der Waals surface area contributed by atoms with Crippen LogP contribution in [0, 0.1) is 5.92 Å². The Morgan fingerprint density at radius 2 is 1.17 bits per heavy atom. The van der Waals surface area contributed by atoms with Crippen molar-refractivity contribution in [1.29, 1.82) is 0 Å². The minimum atomic E-state index is -0.443. The van der Waals surface area contributed by atoms with E-state index in [-0.39, 0.29) is 18.0 Å². The van der Waals surface area contributed by atoms with Crippen molar-refractivity contribution in [3.05, 3.63) is 251 Å². The van der Waals surface area contributed by atoms with E-state index in [1.54, 1.807) is 0 Å². The Balaban J connectivity index is 0.971. The Labute approximate surface area is 348 Å². The molecule has 2 aliphatic heterocycles. The number of pyridine rings is 1. The van der Waals surface area contributed by atoms with Crippen LogP contribution in [0.5, 0.6) is 11.5 Å². The van der Waals surface area contributed by atoms with Gasteiger partial charge >= 0.3 is 0 Å². The number of fused-ring (bicyclic) bond motifs is 10. The van der Waals surface area contributed by atoms with Crippen LogP contribution in [-0.2, 0) is 5.41 Å². The minimum Gasteiger partial charge on any atom is -0.457 e. The van der Waals surface area contributed by atoms with Gasteiger partial charge in [-0.1, -0.05) is 182 Å². The molecular formula is C55H38N4O. The fourth-order valence-corrected chi connectivity index (χ4v) is 10.1. The van der Waals surface area contributed by atoms with Gasteiger partial charge in [0, 0.05) is 51.2 Å². The smallest absolute Gasteiger partial charge is 0.169 e. The predicted molar refractivity (Wildman–Crippen MR) is 242 cm³/mol. The topological polar surface area (TPSA) is 58.9 Å². The van der Waals surface area contributed by atoms with E-state index in [2.05, 4.69) is 163 Å². The van der Waals surface area contributed by atoms with Gasteiger partial charge in [-0.3, -0.25) is 4.98 Å². The number of hydrogen-bond acceptors (Lipinski definition) is 5. The van der Waals surface area contributed by atoms with Gasteiger partial charge < -0.3 is 10.1 Å². The van der Waals surface area contributed by atoms with Gasteiger partial charge in [-0.15, -0.1) is 0 Å². The summed E-state index contributed by atoms with van der Waals surface area (Å²) < 4.78 is 6.65. The highest BCUT2D eigenvalue weighted by Crippen LogP contribution is 2.65. The van der Waals surface area contributed by atoms with Crippen molar-refractivity contribution in [1.82, 2.24) is 10.3 Å². The SMILES string of the molecule is C1=CC2C(C=C1c1ccc(C3=NC(c4ccccc4)N=C(c4ccccc4)N3)cc1)c1cc(-c3cccc4cccnc34)ccc1C21c2ccccc2Oc2ccccc21. The average Bonchev–Trinajstić information content (AvgIpc) is 3.61. The Hall–Kier alpha value is -7.63. The third kappa shape index (κ3) is 5.36. The van der Waals surface area contributed by atoms with Gasteiger partial charge in [-0.05, 0) is 51.6 Å². The molecule has 0 radical (unpaired) electrons. The van der Waals surface area contributed by atoms with Gasteiger partial charge in [-0.2, -0.15) is 0 Å². The lowest BCUT2D eigenvalue weighted by Gasteiger charge is -2.43. The zero-order valence-electron chi connectivity index (χ0n) is 32.6. The van der Waals surface area contributed by atoms with E-state index in [0.717, 1.165) is 61.9 Å². The number of allylic oxidation sites excluding steroid dienone is 4. The highest BCUT2D eigenvalue weighted by atomic mass is 16.5. The van der Waals surface area contributed by atoms with Crippen LogP contribution in [0.25, 0.3) is 27.6 Å². The van der Waals surface area contributed by atoms with Gasteiger partial charge in [0.25, 0.3) is 0 Å². The molecule has 0 bridgehead atoms. The summed E-state index contributed by atoms with van der Waals surface area (Å²) in [6.45, 7) is 0. The van der Waals surface area contributed by atoms with Crippen LogP contribution >= 0.6 is 0 Å². The van der Waals surface area contributed by atoms with Crippen LogP contribution in [0.2, 0.25) is 0 Å². The van der Waals surface area contributed by atoms with Gasteiger partial charge in [0.1, 0.15) is 23.2 Å². The molecule has 3 unspecified atom stereocenters. The maximum absolute atomic E-state index is 6.65. The van der Waals surface area contributed by atoms with Gasteiger partial charge in [-0.25, -0.2) is 9.98 Å². The molecule has 1 spiro atoms. The number of nitrogens with zero attached hydrogens (tertiary/aromatic N) is 3. The van der Waals surface area contributed by atoms with Crippen molar-refractivity contribution in [2.24, 2.45) is 15.9 Å². The molecule has 0 saturated heterocycles. The lowest BCUT2D eigenvalue weighted by atomic mass is 9.61. The molecule has 1 aromatic heterocycles. The van der Waals surface area contributed by atoms with Crippen molar-refractivity contribution in [3.63, 3.8) is 0 Å². The van der Waals surface area contributed by atoms with E-state index in [9.17, 15) is 0 Å². The molecule has 5 heteroatoms. The fourth-order valence-electron chi connectivity index (χ4n) is 10.1. The van der Waals surface area contributed by atoms with Crippen molar-refractivity contribution in [3.8, 4) is 22.6 Å². The first-order valence-electron chi connectivity index (χ1n) is 20.6. The second-order valence-electron chi connectivity index (χ2n) is 15.9. The van der Waals surface area contributed by atoms with Crippen molar-refractivity contribution >= 4 is 28.1 Å². The molecule has 4 aliphatic rings. The number of nitrogens with one attached hydrogen (secondary N) is 1. The maximum atomic E-state index is 6.65.